The summed E-state index contributed by atoms with van der Waals surface area (Å²) in [7, 11) is 0. The van der Waals surface area contributed by atoms with E-state index in [4.69, 9.17) is 14.6 Å². The SMILES string of the molecule is CCCCCCCCOC(=O)c1ccccc1C(=O)OCCCCCCCC.O=C(O)C1CCCCC1. The van der Waals surface area contributed by atoms with Gasteiger partial charge in [0.1, 0.15) is 0 Å². The van der Waals surface area contributed by atoms with Gasteiger partial charge in [-0.3, -0.25) is 4.79 Å². The number of hydrogen-bond donors (Lipinski definition) is 1. The van der Waals surface area contributed by atoms with Gasteiger partial charge in [0.15, 0.2) is 0 Å². The molecule has 0 saturated heterocycles. The minimum absolute atomic E-state index is 0.0289. The van der Waals surface area contributed by atoms with Gasteiger partial charge >= 0.3 is 17.9 Å². The topological polar surface area (TPSA) is 89.9 Å². The summed E-state index contributed by atoms with van der Waals surface area (Å²) in [6.45, 7) is 5.17. The molecule has 1 aliphatic carbocycles. The molecule has 0 aliphatic heterocycles. The maximum atomic E-state index is 12.4. The zero-order valence-corrected chi connectivity index (χ0v) is 23.3. The van der Waals surface area contributed by atoms with E-state index in [0.717, 1.165) is 51.4 Å². The van der Waals surface area contributed by atoms with Gasteiger partial charge < -0.3 is 14.6 Å². The Bertz CT molecular complexity index is 705. The largest absolute Gasteiger partial charge is 0.481 e. The van der Waals surface area contributed by atoms with Crippen LogP contribution in [0.15, 0.2) is 24.3 Å². The molecule has 0 amide bonds. The Kier molecular flexibility index (Phi) is 19.1. The van der Waals surface area contributed by atoms with Crippen LogP contribution < -0.4 is 0 Å². The molecule has 1 fully saturated rings. The van der Waals surface area contributed by atoms with Crippen molar-refractivity contribution in [2.24, 2.45) is 5.92 Å². The van der Waals surface area contributed by atoms with Crippen LogP contribution >= 0.6 is 0 Å². The summed E-state index contributed by atoms with van der Waals surface area (Å²) >= 11 is 0. The van der Waals surface area contributed by atoms with Crippen LogP contribution in [0.3, 0.4) is 0 Å². The van der Waals surface area contributed by atoms with Gasteiger partial charge in [0.05, 0.1) is 30.3 Å². The average Bonchev–Trinajstić information content (AvgIpc) is 2.92. The first kappa shape index (κ1) is 32.7. The van der Waals surface area contributed by atoms with Crippen LogP contribution in [0.4, 0.5) is 0 Å². The van der Waals surface area contributed by atoms with E-state index in [1.807, 2.05) is 0 Å². The predicted molar refractivity (Wildman–Crippen MR) is 148 cm³/mol. The fourth-order valence-electron chi connectivity index (χ4n) is 4.44. The van der Waals surface area contributed by atoms with Gasteiger partial charge in [-0.05, 0) is 37.8 Å². The Hall–Kier alpha value is -2.37. The number of hydrogen-bond acceptors (Lipinski definition) is 5. The number of esters is 2. The van der Waals surface area contributed by atoms with Gasteiger partial charge in [-0.15, -0.1) is 0 Å². The molecule has 1 aromatic carbocycles. The van der Waals surface area contributed by atoms with E-state index in [9.17, 15) is 14.4 Å². The van der Waals surface area contributed by atoms with Crippen molar-refractivity contribution in [3.63, 3.8) is 0 Å². The van der Waals surface area contributed by atoms with Gasteiger partial charge in [-0.1, -0.05) is 109 Å². The van der Waals surface area contributed by atoms with Crippen molar-refractivity contribution in [3.05, 3.63) is 35.4 Å². The van der Waals surface area contributed by atoms with Gasteiger partial charge in [0.2, 0.25) is 0 Å². The molecule has 1 aliphatic rings. The molecular formula is C31H50O6. The van der Waals surface area contributed by atoms with Crippen molar-refractivity contribution in [3.8, 4) is 0 Å². The van der Waals surface area contributed by atoms with E-state index >= 15 is 0 Å². The Morgan fingerprint density at radius 3 is 1.46 bits per heavy atom. The third-order valence-corrected chi connectivity index (χ3v) is 6.78. The molecule has 0 heterocycles. The summed E-state index contributed by atoms with van der Waals surface area (Å²) in [5.74, 6) is -1.52. The highest BCUT2D eigenvalue weighted by atomic mass is 16.5. The predicted octanol–water partition coefficient (Wildman–Crippen LogP) is 8.37. The second kappa shape index (κ2) is 21.7. The van der Waals surface area contributed by atoms with E-state index < -0.39 is 17.9 Å². The molecule has 1 N–H and O–H groups in total. The third kappa shape index (κ3) is 15.5. The first-order valence-corrected chi connectivity index (χ1v) is 14.7. The molecule has 0 aromatic heterocycles. The highest BCUT2D eigenvalue weighted by Crippen LogP contribution is 2.23. The molecule has 0 bridgehead atoms. The number of carbonyl (C=O) groups is 3. The molecule has 1 aromatic rings. The van der Waals surface area contributed by atoms with Crippen molar-refractivity contribution < 1.29 is 29.0 Å². The molecule has 37 heavy (non-hydrogen) atoms. The molecule has 1 saturated carbocycles. The van der Waals surface area contributed by atoms with Gasteiger partial charge in [-0.25, -0.2) is 9.59 Å². The summed E-state index contributed by atoms with van der Waals surface area (Å²) in [6, 6.07) is 6.74. The van der Waals surface area contributed by atoms with Crippen LogP contribution in [0.2, 0.25) is 0 Å². The molecule has 0 atom stereocenters. The van der Waals surface area contributed by atoms with Crippen LogP contribution in [0.1, 0.15) is 144 Å². The van der Waals surface area contributed by atoms with Gasteiger partial charge in [0.25, 0.3) is 0 Å². The number of aliphatic carboxylic acids is 1. The Morgan fingerprint density at radius 1 is 0.676 bits per heavy atom. The van der Waals surface area contributed by atoms with E-state index in [0.29, 0.717) is 24.3 Å². The summed E-state index contributed by atoms with van der Waals surface area (Å²) in [5, 5.41) is 8.54. The minimum Gasteiger partial charge on any atom is -0.481 e. The number of carboxylic acids is 1. The first-order chi connectivity index (χ1) is 18.0. The summed E-state index contributed by atoms with van der Waals surface area (Å²) in [5.41, 5.74) is 0.586. The molecule has 0 spiro atoms. The van der Waals surface area contributed by atoms with Crippen molar-refractivity contribution >= 4 is 17.9 Å². The van der Waals surface area contributed by atoms with E-state index in [-0.39, 0.29) is 5.92 Å². The second-order valence-electron chi connectivity index (χ2n) is 10.0. The lowest BCUT2D eigenvalue weighted by Crippen LogP contribution is -2.16. The van der Waals surface area contributed by atoms with E-state index in [1.165, 1.54) is 57.8 Å². The first-order valence-electron chi connectivity index (χ1n) is 14.7. The second-order valence-corrected chi connectivity index (χ2v) is 10.0. The lowest BCUT2D eigenvalue weighted by molar-refractivity contribution is -0.142. The van der Waals surface area contributed by atoms with Crippen LogP contribution in [0.25, 0.3) is 0 Å². The van der Waals surface area contributed by atoms with Crippen molar-refractivity contribution in [1.29, 1.82) is 0 Å². The van der Waals surface area contributed by atoms with Crippen molar-refractivity contribution in [2.75, 3.05) is 13.2 Å². The fourth-order valence-corrected chi connectivity index (χ4v) is 4.44. The number of unbranched alkanes of at least 4 members (excludes halogenated alkanes) is 10. The number of carboxylic acid groups (broad SMARTS) is 1. The van der Waals surface area contributed by atoms with Crippen molar-refractivity contribution in [1.82, 2.24) is 0 Å². The van der Waals surface area contributed by atoms with Crippen LogP contribution in [0, 0.1) is 5.92 Å². The fraction of sp³-hybridized carbons (Fsp3) is 0.710. The zero-order chi connectivity index (χ0) is 27.1. The van der Waals surface area contributed by atoms with E-state index in [1.54, 1.807) is 24.3 Å². The molecular weight excluding hydrogens is 468 g/mol. The summed E-state index contributed by atoms with van der Waals surface area (Å²) in [4.78, 5) is 35.1. The number of ether oxygens (including phenoxy) is 2. The summed E-state index contributed by atoms with van der Waals surface area (Å²) < 4.78 is 10.7. The average molecular weight is 519 g/mol. The molecule has 210 valence electrons. The third-order valence-electron chi connectivity index (χ3n) is 6.78. The standard InChI is InChI=1S/C24H38O4.C7H12O2/c1-3-5-7-9-11-15-19-27-23(25)21-17-13-14-18-22(21)24(26)28-20-16-12-10-8-6-4-2;8-7(9)6-4-2-1-3-5-6/h13-14,17-18H,3-12,15-16,19-20H2,1-2H3;6H,1-5H2,(H,8,9). The maximum absolute atomic E-state index is 12.4. The van der Waals surface area contributed by atoms with Crippen LogP contribution in [0.5, 0.6) is 0 Å². The highest BCUT2D eigenvalue weighted by Gasteiger charge is 2.20. The van der Waals surface area contributed by atoms with Crippen molar-refractivity contribution in [2.45, 2.75) is 123 Å². The molecule has 6 nitrogen and oxygen atoms in total. The molecule has 2 rings (SSSR count). The quantitative estimate of drug-likeness (QED) is 0.164. The van der Waals surface area contributed by atoms with Crippen LogP contribution in [-0.4, -0.2) is 36.2 Å². The number of carbonyl (C=O) groups excluding carboxylic acids is 2. The minimum atomic E-state index is -0.602. The Morgan fingerprint density at radius 2 is 1.08 bits per heavy atom. The monoisotopic (exact) mass is 518 g/mol. The normalized spacial score (nSPS) is 13.4. The highest BCUT2D eigenvalue weighted by molar-refractivity contribution is 6.03. The van der Waals surface area contributed by atoms with Crippen LogP contribution in [-0.2, 0) is 14.3 Å². The zero-order valence-electron chi connectivity index (χ0n) is 23.3. The molecule has 6 heteroatoms. The smallest absolute Gasteiger partial charge is 0.339 e. The Balaban J connectivity index is 0.000000635. The van der Waals surface area contributed by atoms with Gasteiger partial charge in [-0.2, -0.15) is 0 Å². The molecule has 0 unspecified atom stereocenters. The van der Waals surface area contributed by atoms with E-state index in [2.05, 4.69) is 13.8 Å². The maximum Gasteiger partial charge on any atom is 0.339 e. The lowest BCUT2D eigenvalue weighted by atomic mass is 9.90. The summed E-state index contributed by atoms with van der Waals surface area (Å²) in [6.07, 6.45) is 18.9. The molecule has 0 radical (unpaired) electrons. The van der Waals surface area contributed by atoms with Gasteiger partial charge in [0, 0.05) is 0 Å². The number of rotatable bonds is 17. The number of benzene rings is 1. The lowest BCUT2D eigenvalue weighted by Gasteiger charge is -2.16. The Labute approximate surface area is 224 Å².